The Morgan fingerprint density at radius 3 is 2.51 bits per heavy atom. The quantitative estimate of drug-likeness (QED) is 0.373. The zero-order valence-corrected chi connectivity index (χ0v) is 22.7. The van der Waals surface area contributed by atoms with Crippen LogP contribution in [0.3, 0.4) is 0 Å². The van der Waals surface area contributed by atoms with Gasteiger partial charge in [-0.05, 0) is 37.7 Å². The predicted octanol–water partition coefficient (Wildman–Crippen LogP) is 2.78. The number of benzene rings is 1. The molecule has 7 atom stereocenters. The number of nitrogens with one attached hydrogen (secondary N) is 2. The number of carbonyl (C=O) groups excluding carboxylic acids is 3. The van der Waals surface area contributed by atoms with Crippen molar-refractivity contribution in [2.24, 2.45) is 17.8 Å². The molecule has 3 N–H and O–H groups in total. The molecule has 37 heavy (non-hydrogen) atoms. The summed E-state index contributed by atoms with van der Waals surface area (Å²) in [5.74, 6) is -2.20. The third kappa shape index (κ3) is 4.78. The first kappa shape index (κ1) is 27.6. The molecular weight excluding hydrogens is 470 g/mol. The molecule has 3 fully saturated rings. The van der Waals surface area contributed by atoms with Gasteiger partial charge >= 0.3 is 0 Å². The Hall–Kier alpha value is -2.45. The number of nitrogens with zero attached hydrogens (tertiary/aromatic N) is 1. The van der Waals surface area contributed by atoms with Gasteiger partial charge in [-0.2, -0.15) is 0 Å². The summed E-state index contributed by atoms with van der Waals surface area (Å²) in [7, 11) is 0. The number of rotatable bonds is 12. The summed E-state index contributed by atoms with van der Waals surface area (Å²) >= 11 is 0. The van der Waals surface area contributed by atoms with Gasteiger partial charge in [-0.15, -0.1) is 0 Å². The summed E-state index contributed by atoms with van der Waals surface area (Å²) in [5.41, 5.74) is -0.921. The second-order valence-electron chi connectivity index (χ2n) is 11.3. The van der Waals surface area contributed by atoms with Gasteiger partial charge in [0.2, 0.25) is 17.7 Å². The van der Waals surface area contributed by atoms with Gasteiger partial charge in [0.1, 0.15) is 11.6 Å². The number of hydrogen-bond donors (Lipinski definition) is 3. The summed E-state index contributed by atoms with van der Waals surface area (Å²) < 4.78 is 6.66. The monoisotopic (exact) mass is 513 g/mol. The van der Waals surface area contributed by atoms with Crippen LogP contribution in [0.1, 0.15) is 71.8 Å². The highest BCUT2D eigenvalue weighted by Crippen LogP contribution is 2.63. The second kappa shape index (κ2) is 11.1. The number of hydrogen-bond acceptors (Lipinski definition) is 5. The van der Waals surface area contributed by atoms with Gasteiger partial charge in [-0.3, -0.25) is 14.4 Å². The van der Waals surface area contributed by atoms with E-state index in [2.05, 4.69) is 17.6 Å². The zero-order chi connectivity index (χ0) is 26.8. The van der Waals surface area contributed by atoms with Crippen LogP contribution >= 0.6 is 0 Å². The van der Waals surface area contributed by atoms with Crippen molar-refractivity contribution in [2.75, 3.05) is 13.2 Å². The van der Waals surface area contributed by atoms with Crippen molar-refractivity contribution in [3.63, 3.8) is 0 Å². The van der Waals surface area contributed by atoms with E-state index >= 15 is 0 Å². The molecule has 4 rings (SSSR count). The van der Waals surface area contributed by atoms with Crippen molar-refractivity contribution in [2.45, 2.75) is 96.1 Å². The lowest BCUT2D eigenvalue weighted by Crippen LogP contribution is -2.59. The van der Waals surface area contributed by atoms with Gasteiger partial charge in [0, 0.05) is 13.1 Å². The van der Waals surface area contributed by atoms with Gasteiger partial charge < -0.3 is 25.4 Å². The van der Waals surface area contributed by atoms with E-state index in [1.54, 1.807) is 4.90 Å². The van der Waals surface area contributed by atoms with E-state index in [4.69, 9.17) is 4.74 Å². The molecule has 1 aromatic carbocycles. The zero-order valence-electron chi connectivity index (χ0n) is 22.7. The fraction of sp³-hybridized carbons (Fsp3) is 0.690. The Balaban J connectivity index is 1.66. The molecule has 8 nitrogen and oxygen atoms in total. The number of fused-ring (bicyclic) bond motifs is 1. The van der Waals surface area contributed by atoms with Gasteiger partial charge in [0.15, 0.2) is 0 Å². The number of aliphatic hydroxyl groups is 1. The number of carbonyl (C=O) groups is 3. The molecule has 8 heteroatoms. The standard InChI is InChI=1S/C29H43N3O5/c1-5-7-11-16-30-26(35)24-29-15-14-28(4,37-29)22(25(34)31-17-20-12-9-8-10-13-20)23(29)27(36)32(24)21(18-33)19(3)6-2/h8-10,12-13,19,21-24,33H,5-7,11,14-18H2,1-4H3,(H,30,35)(H,31,34)/t19-,21-,22-,23-,24?,28+,29?/m0/s1. The van der Waals surface area contributed by atoms with Crippen LogP contribution in [-0.2, 0) is 25.7 Å². The van der Waals surface area contributed by atoms with Crippen molar-refractivity contribution in [1.29, 1.82) is 0 Å². The van der Waals surface area contributed by atoms with Gasteiger partial charge in [-0.25, -0.2) is 0 Å². The molecule has 0 saturated carbocycles. The number of ether oxygens (including phenoxy) is 1. The molecule has 204 valence electrons. The molecule has 3 amide bonds. The highest BCUT2D eigenvalue weighted by molar-refractivity contribution is 5.99. The number of aliphatic hydroxyl groups excluding tert-OH is 1. The fourth-order valence-corrected chi connectivity index (χ4v) is 6.81. The van der Waals surface area contributed by atoms with Gasteiger partial charge in [0.25, 0.3) is 0 Å². The van der Waals surface area contributed by atoms with E-state index in [9.17, 15) is 19.5 Å². The maximum absolute atomic E-state index is 14.2. The molecule has 3 aliphatic rings. The molecule has 2 unspecified atom stereocenters. The first-order valence-corrected chi connectivity index (χ1v) is 14.0. The largest absolute Gasteiger partial charge is 0.394 e. The molecule has 0 aliphatic carbocycles. The van der Waals surface area contributed by atoms with E-state index in [-0.39, 0.29) is 30.2 Å². The van der Waals surface area contributed by atoms with Crippen LogP contribution < -0.4 is 10.6 Å². The van der Waals surface area contributed by atoms with Crippen molar-refractivity contribution in [3.05, 3.63) is 35.9 Å². The number of unbranched alkanes of at least 4 members (excludes halogenated alkanes) is 2. The molecule has 3 heterocycles. The molecule has 2 bridgehead atoms. The molecule has 0 aromatic heterocycles. The summed E-state index contributed by atoms with van der Waals surface area (Å²) in [6.07, 6.45) is 4.78. The minimum absolute atomic E-state index is 0.0160. The second-order valence-corrected chi connectivity index (χ2v) is 11.3. The van der Waals surface area contributed by atoms with E-state index in [0.29, 0.717) is 25.9 Å². The molecule has 3 aliphatic heterocycles. The Morgan fingerprint density at radius 2 is 1.86 bits per heavy atom. The normalized spacial score (nSPS) is 31.8. The predicted molar refractivity (Wildman–Crippen MR) is 140 cm³/mol. The van der Waals surface area contributed by atoms with Gasteiger partial charge in [-0.1, -0.05) is 70.4 Å². The minimum Gasteiger partial charge on any atom is -0.394 e. The fourth-order valence-electron chi connectivity index (χ4n) is 6.81. The Labute approximate surface area is 220 Å². The summed E-state index contributed by atoms with van der Waals surface area (Å²) in [5, 5.41) is 16.4. The van der Waals surface area contributed by atoms with Crippen molar-refractivity contribution in [1.82, 2.24) is 15.5 Å². The third-order valence-electron chi connectivity index (χ3n) is 8.98. The first-order valence-electron chi connectivity index (χ1n) is 14.0. The smallest absolute Gasteiger partial charge is 0.245 e. The lowest BCUT2D eigenvalue weighted by Gasteiger charge is -2.39. The molecule has 1 aromatic rings. The average molecular weight is 514 g/mol. The van der Waals surface area contributed by atoms with E-state index in [0.717, 1.165) is 31.2 Å². The van der Waals surface area contributed by atoms with Crippen molar-refractivity contribution < 1.29 is 24.2 Å². The van der Waals surface area contributed by atoms with Crippen molar-refractivity contribution >= 4 is 17.7 Å². The Morgan fingerprint density at radius 1 is 1.14 bits per heavy atom. The van der Waals surface area contributed by atoms with Crippen LogP contribution in [0.25, 0.3) is 0 Å². The maximum Gasteiger partial charge on any atom is 0.245 e. The van der Waals surface area contributed by atoms with Crippen LogP contribution in [0.4, 0.5) is 0 Å². The maximum atomic E-state index is 14.2. The molecule has 0 radical (unpaired) electrons. The number of likely N-dealkylation sites (tertiary alicyclic amines) is 1. The minimum atomic E-state index is -1.07. The first-order chi connectivity index (χ1) is 17.7. The molecular formula is C29H43N3O5. The molecule has 3 saturated heterocycles. The summed E-state index contributed by atoms with van der Waals surface area (Å²) in [6.45, 7) is 8.64. The summed E-state index contributed by atoms with van der Waals surface area (Å²) in [6, 6.07) is 8.27. The van der Waals surface area contributed by atoms with E-state index in [1.165, 1.54) is 0 Å². The molecule has 1 spiro atoms. The van der Waals surface area contributed by atoms with E-state index in [1.807, 2.05) is 51.1 Å². The van der Waals surface area contributed by atoms with E-state index < -0.39 is 35.1 Å². The van der Waals surface area contributed by atoms with Crippen LogP contribution in [0.5, 0.6) is 0 Å². The highest BCUT2D eigenvalue weighted by atomic mass is 16.5. The highest BCUT2D eigenvalue weighted by Gasteiger charge is 2.78. The summed E-state index contributed by atoms with van der Waals surface area (Å²) in [4.78, 5) is 43.2. The van der Waals surface area contributed by atoms with Gasteiger partial charge in [0.05, 0.1) is 30.1 Å². The topological polar surface area (TPSA) is 108 Å². The third-order valence-corrected chi connectivity index (χ3v) is 8.98. The lowest BCUT2D eigenvalue weighted by molar-refractivity contribution is -0.151. The van der Waals surface area contributed by atoms with Crippen LogP contribution in [0.2, 0.25) is 0 Å². The van der Waals surface area contributed by atoms with Crippen molar-refractivity contribution in [3.8, 4) is 0 Å². The van der Waals surface area contributed by atoms with Crippen LogP contribution in [0, 0.1) is 17.8 Å². The number of amides is 3. The average Bonchev–Trinajstić information content (AvgIpc) is 3.47. The lowest BCUT2D eigenvalue weighted by atomic mass is 9.66. The van der Waals surface area contributed by atoms with Crippen LogP contribution in [0.15, 0.2) is 30.3 Å². The SMILES string of the molecule is CCCCCNC(=O)C1N([C@@H](CO)[C@@H](C)CC)C(=O)[C@@H]2[C@@H](C(=O)NCc3ccccc3)[C@@]3(C)CCC12O3. The Kier molecular flexibility index (Phi) is 8.29. The van der Waals surface area contributed by atoms with Crippen LogP contribution in [-0.4, -0.2) is 64.2 Å². The Bertz CT molecular complexity index is 987.